The van der Waals surface area contributed by atoms with E-state index in [9.17, 15) is 24.0 Å². The van der Waals surface area contributed by atoms with E-state index >= 15 is 0 Å². The molecule has 0 radical (unpaired) electrons. The monoisotopic (exact) mass is 521 g/mol. The van der Waals surface area contributed by atoms with Crippen molar-refractivity contribution in [3.8, 4) is 0 Å². The van der Waals surface area contributed by atoms with E-state index in [0.29, 0.717) is 12.8 Å². The van der Waals surface area contributed by atoms with Crippen molar-refractivity contribution < 1.29 is 24.0 Å². The summed E-state index contributed by atoms with van der Waals surface area (Å²) in [6.07, 6.45) is 6.10. The molecule has 2 atom stereocenters. The molecule has 0 saturated heterocycles. The molecule has 2 aliphatic carbocycles. The fourth-order valence-electron chi connectivity index (χ4n) is 4.52. The number of ketones is 1. The van der Waals surface area contributed by atoms with Gasteiger partial charge in [0, 0.05) is 17.6 Å². The molecule has 0 bridgehead atoms. The Balaban J connectivity index is 2.18. The van der Waals surface area contributed by atoms with E-state index in [0.717, 1.165) is 38.5 Å². The summed E-state index contributed by atoms with van der Waals surface area (Å²) >= 11 is 0. The zero-order valence-electron chi connectivity index (χ0n) is 23.7. The quantitative estimate of drug-likeness (QED) is 0.310. The molecule has 0 aromatic carbocycles. The highest BCUT2D eigenvalue weighted by Crippen LogP contribution is 2.28. The Morgan fingerprint density at radius 1 is 0.892 bits per heavy atom. The van der Waals surface area contributed by atoms with E-state index in [-0.39, 0.29) is 24.5 Å². The Kier molecular flexibility index (Phi) is 10.5. The van der Waals surface area contributed by atoms with Gasteiger partial charge >= 0.3 is 6.03 Å². The lowest BCUT2D eigenvalue weighted by molar-refractivity contribution is -0.143. The fraction of sp³-hybridized carbons (Fsp3) is 0.815. The van der Waals surface area contributed by atoms with Crippen molar-refractivity contribution in [3.05, 3.63) is 0 Å². The smallest absolute Gasteiger partial charge is 0.315 e. The number of rotatable bonds is 11. The van der Waals surface area contributed by atoms with Crippen LogP contribution in [0.4, 0.5) is 4.79 Å². The van der Waals surface area contributed by atoms with Gasteiger partial charge in [-0.3, -0.25) is 19.2 Å². The zero-order chi connectivity index (χ0) is 28.0. The van der Waals surface area contributed by atoms with Gasteiger partial charge in [0.25, 0.3) is 5.91 Å². The molecule has 0 spiro atoms. The first-order valence-corrected chi connectivity index (χ1v) is 13.7. The Morgan fingerprint density at radius 3 is 1.97 bits per heavy atom. The third-order valence-electron chi connectivity index (χ3n) is 6.60. The summed E-state index contributed by atoms with van der Waals surface area (Å²) in [4.78, 5) is 66.3. The van der Waals surface area contributed by atoms with Crippen LogP contribution in [-0.2, 0) is 19.2 Å². The number of hydrogen-bond acceptors (Lipinski definition) is 5. The Morgan fingerprint density at radius 2 is 1.49 bits per heavy atom. The number of carbonyl (C=O) groups excluding carboxylic acids is 5. The van der Waals surface area contributed by atoms with Crippen molar-refractivity contribution in [2.24, 2.45) is 5.41 Å². The van der Waals surface area contributed by atoms with Crippen molar-refractivity contribution in [2.75, 3.05) is 6.54 Å². The van der Waals surface area contributed by atoms with Crippen LogP contribution in [0.15, 0.2) is 0 Å². The summed E-state index contributed by atoms with van der Waals surface area (Å²) in [7, 11) is 0. The van der Waals surface area contributed by atoms with Crippen molar-refractivity contribution in [1.29, 1.82) is 0 Å². The molecule has 2 saturated carbocycles. The summed E-state index contributed by atoms with van der Waals surface area (Å²) in [6.45, 7) is 12.8. The van der Waals surface area contributed by atoms with Crippen LogP contribution in [0.5, 0.6) is 0 Å². The zero-order valence-corrected chi connectivity index (χ0v) is 23.7. The maximum atomic E-state index is 13.9. The van der Waals surface area contributed by atoms with Crippen LogP contribution in [0.25, 0.3) is 0 Å². The van der Waals surface area contributed by atoms with Gasteiger partial charge in [-0.05, 0) is 58.3 Å². The molecule has 0 aromatic heterocycles. The molecule has 0 aromatic rings. The Bertz CT molecular complexity index is 850. The molecular formula is C27H47N5O5. The van der Waals surface area contributed by atoms with Crippen LogP contribution in [0.3, 0.4) is 0 Å². The predicted octanol–water partition coefficient (Wildman–Crippen LogP) is 2.40. The number of nitrogens with one attached hydrogen (secondary N) is 4. The first-order chi connectivity index (χ1) is 17.1. The first kappa shape index (κ1) is 30.6. The molecule has 0 unspecified atom stereocenters. The second-order valence-corrected chi connectivity index (χ2v) is 12.6. The van der Waals surface area contributed by atoms with Gasteiger partial charge in [-0.15, -0.1) is 0 Å². The van der Waals surface area contributed by atoms with Gasteiger partial charge in [-0.1, -0.05) is 47.0 Å². The minimum Gasteiger partial charge on any atom is -0.347 e. The minimum absolute atomic E-state index is 0.0437. The maximum absolute atomic E-state index is 13.9. The highest BCUT2D eigenvalue weighted by Gasteiger charge is 2.40. The fourth-order valence-corrected chi connectivity index (χ4v) is 4.52. The number of urea groups is 1. The number of hydrogen-bond donors (Lipinski definition) is 4. The lowest BCUT2D eigenvalue weighted by atomic mass is 9.85. The molecule has 10 heteroatoms. The van der Waals surface area contributed by atoms with Crippen LogP contribution in [0.1, 0.15) is 99.8 Å². The van der Waals surface area contributed by atoms with E-state index in [2.05, 4.69) is 21.3 Å². The topological polar surface area (TPSA) is 137 Å². The average molecular weight is 522 g/mol. The number of carbonyl (C=O) groups is 5. The van der Waals surface area contributed by atoms with Crippen molar-refractivity contribution in [2.45, 2.75) is 130 Å². The highest BCUT2D eigenvalue weighted by atomic mass is 16.2. The molecule has 37 heavy (non-hydrogen) atoms. The molecule has 2 rings (SSSR count). The largest absolute Gasteiger partial charge is 0.347 e. The normalized spacial score (nSPS) is 17.9. The SMILES string of the molecule is CCC[C@H](NC(=O)CN(C(=O)[C@@H](NC(=O)NC(C)(C)C)C(C)(C)C)C1CCCC1)C(=O)C(=O)NC1CC1. The average Bonchev–Trinajstić information content (AvgIpc) is 3.41. The van der Waals surface area contributed by atoms with E-state index in [1.54, 1.807) is 4.90 Å². The van der Waals surface area contributed by atoms with Crippen molar-refractivity contribution in [1.82, 2.24) is 26.2 Å². The number of nitrogens with zero attached hydrogens (tertiary/aromatic N) is 1. The van der Waals surface area contributed by atoms with Gasteiger partial charge in [0.15, 0.2) is 0 Å². The summed E-state index contributed by atoms with van der Waals surface area (Å²) in [5, 5.41) is 11.1. The van der Waals surface area contributed by atoms with Gasteiger partial charge < -0.3 is 26.2 Å². The molecule has 2 fully saturated rings. The second kappa shape index (κ2) is 12.7. The predicted molar refractivity (Wildman–Crippen MR) is 142 cm³/mol. The first-order valence-electron chi connectivity index (χ1n) is 13.7. The summed E-state index contributed by atoms with van der Waals surface area (Å²) < 4.78 is 0. The molecule has 4 N–H and O–H groups in total. The van der Waals surface area contributed by atoms with Gasteiger partial charge in [0.1, 0.15) is 6.04 Å². The summed E-state index contributed by atoms with van der Waals surface area (Å²) in [6, 6.07) is -2.34. The lowest BCUT2D eigenvalue weighted by Gasteiger charge is -2.38. The number of amides is 5. The summed E-state index contributed by atoms with van der Waals surface area (Å²) in [5.74, 6) is -2.15. The Labute approximate surface area is 221 Å². The molecular weight excluding hydrogens is 474 g/mol. The van der Waals surface area contributed by atoms with Crippen LogP contribution >= 0.6 is 0 Å². The van der Waals surface area contributed by atoms with Crippen LogP contribution < -0.4 is 21.3 Å². The molecule has 0 aliphatic heterocycles. The molecule has 5 amide bonds. The third kappa shape index (κ3) is 9.97. The van der Waals surface area contributed by atoms with E-state index < -0.39 is 46.7 Å². The van der Waals surface area contributed by atoms with E-state index in [1.807, 2.05) is 48.5 Å². The summed E-state index contributed by atoms with van der Waals surface area (Å²) in [5.41, 5.74) is -1.09. The molecule has 10 nitrogen and oxygen atoms in total. The molecule has 0 heterocycles. The van der Waals surface area contributed by atoms with Crippen LogP contribution in [-0.4, -0.2) is 70.7 Å². The Hall–Kier alpha value is -2.65. The van der Waals surface area contributed by atoms with Crippen LogP contribution in [0.2, 0.25) is 0 Å². The third-order valence-corrected chi connectivity index (χ3v) is 6.60. The van der Waals surface area contributed by atoms with Gasteiger partial charge in [-0.2, -0.15) is 0 Å². The van der Waals surface area contributed by atoms with Crippen molar-refractivity contribution in [3.63, 3.8) is 0 Å². The highest BCUT2D eigenvalue weighted by molar-refractivity contribution is 6.38. The van der Waals surface area contributed by atoms with Crippen LogP contribution in [0, 0.1) is 5.41 Å². The van der Waals surface area contributed by atoms with Gasteiger partial charge in [0.05, 0.1) is 12.6 Å². The molecule has 210 valence electrons. The minimum atomic E-state index is -0.939. The van der Waals surface area contributed by atoms with Crippen molar-refractivity contribution >= 4 is 29.5 Å². The lowest BCUT2D eigenvalue weighted by Crippen LogP contribution is -2.61. The number of Topliss-reactive ketones (excluding diaryl/α,β-unsaturated/α-hetero) is 1. The maximum Gasteiger partial charge on any atom is 0.315 e. The van der Waals surface area contributed by atoms with Gasteiger partial charge in [-0.25, -0.2) is 4.79 Å². The van der Waals surface area contributed by atoms with E-state index in [4.69, 9.17) is 0 Å². The van der Waals surface area contributed by atoms with Gasteiger partial charge in [0.2, 0.25) is 17.6 Å². The van der Waals surface area contributed by atoms with E-state index in [1.165, 1.54) is 0 Å². The molecule has 2 aliphatic rings. The second-order valence-electron chi connectivity index (χ2n) is 12.6. The standard InChI is InChI=1S/C27H47N5O5/c1-8-11-19(21(34)23(35)28-17-14-15-17)29-20(33)16-32(18-12-9-10-13-18)24(36)22(26(2,3)4)30-25(37)31-27(5,6)7/h17-19,22H,8-16H2,1-7H3,(H,28,35)(H,29,33)(H2,30,31,37)/t19-,22+/m0/s1.